The van der Waals surface area contributed by atoms with Crippen LogP contribution in [0, 0.1) is 0 Å². The monoisotopic (exact) mass is 374 g/mol. The van der Waals surface area contributed by atoms with Crippen LogP contribution in [0.15, 0.2) is 29.9 Å². The molecule has 128 valence electrons. The maximum absolute atomic E-state index is 12.7. The van der Waals surface area contributed by atoms with E-state index < -0.39 is 5.97 Å². The molecule has 1 fully saturated rings. The van der Waals surface area contributed by atoms with Crippen molar-refractivity contribution >= 4 is 49.8 Å². The highest BCUT2D eigenvalue weighted by Crippen LogP contribution is 2.31. The van der Waals surface area contributed by atoms with Gasteiger partial charge >= 0.3 is 5.97 Å². The van der Waals surface area contributed by atoms with Gasteiger partial charge in [0.2, 0.25) is 0 Å². The molecule has 0 unspecified atom stereocenters. The highest BCUT2D eigenvalue weighted by atomic mass is 32.1. The van der Waals surface area contributed by atoms with Crippen LogP contribution in [0.1, 0.15) is 20.2 Å². The molecule has 3 aromatic rings. The summed E-state index contributed by atoms with van der Waals surface area (Å²) >= 11 is 3.18. The first-order valence-corrected chi connectivity index (χ1v) is 9.38. The lowest BCUT2D eigenvalue weighted by Gasteiger charge is -2.35. The van der Waals surface area contributed by atoms with Gasteiger partial charge in [-0.3, -0.25) is 4.79 Å². The van der Waals surface area contributed by atoms with Gasteiger partial charge < -0.3 is 14.9 Å². The van der Waals surface area contributed by atoms with E-state index in [9.17, 15) is 9.59 Å². The second-order valence-corrected chi connectivity index (χ2v) is 7.64. The zero-order valence-electron chi connectivity index (χ0n) is 13.1. The molecule has 0 aromatic carbocycles. The summed E-state index contributed by atoms with van der Waals surface area (Å²) in [5.41, 5.74) is -0.0739. The van der Waals surface area contributed by atoms with Crippen LogP contribution in [0.3, 0.4) is 0 Å². The number of amides is 1. The number of hydrogen-bond acceptors (Lipinski definition) is 7. The molecule has 0 spiro atoms. The first-order chi connectivity index (χ1) is 12.1. The third-order valence-corrected chi connectivity index (χ3v) is 6.18. The van der Waals surface area contributed by atoms with Crippen LogP contribution < -0.4 is 4.90 Å². The molecule has 3 aromatic heterocycles. The van der Waals surface area contributed by atoms with Crippen molar-refractivity contribution in [2.24, 2.45) is 0 Å². The third kappa shape index (κ3) is 3.08. The van der Waals surface area contributed by atoms with Crippen molar-refractivity contribution in [3.63, 3.8) is 0 Å². The molecule has 0 radical (unpaired) electrons. The molecule has 0 aliphatic carbocycles. The zero-order valence-corrected chi connectivity index (χ0v) is 14.7. The SMILES string of the molecule is O=C(O)c1cnc(N2CCN(C(=O)c3cc4sccc4s3)CC2)cn1. The molecule has 1 aliphatic heterocycles. The van der Waals surface area contributed by atoms with Crippen molar-refractivity contribution in [3.05, 3.63) is 40.5 Å². The average molecular weight is 374 g/mol. The van der Waals surface area contributed by atoms with Crippen LogP contribution in [-0.4, -0.2) is 58.0 Å². The molecule has 1 aliphatic rings. The van der Waals surface area contributed by atoms with Gasteiger partial charge in [0, 0.05) is 35.6 Å². The van der Waals surface area contributed by atoms with Gasteiger partial charge in [0.25, 0.3) is 5.91 Å². The summed E-state index contributed by atoms with van der Waals surface area (Å²) in [6.07, 6.45) is 2.72. The average Bonchev–Trinajstić information content (AvgIpc) is 3.23. The number of rotatable bonds is 3. The summed E-state index contributed by atoms with van der Waals surface area (Å²) < 4.78 is 2.31. The highest BCUT2D eigenvalue weighted by Gasteiger charge is 2.24. The van der Waals surface area contributed by atoms with Crippen LogP contribution in [0.4, 0.5) is 5.82 Å². The summed E-state index contributed by atoms with van der Waals surface area (Å²) in [4.78, 5) is 36.2. The van der Waals surface area contributed by atoms with E-state index in [1.807, 2.05) is 27.3 Å². The van der Waals surface area contributed by atoms with E-state index in [0.717, 1.165) is 14.3 Å². The Kier molecular flexibility index (Phi) is 4.10. The Hall–Kier alpha value is -2.52. The van der Waals surface area contributed by atoms with E-state index >= 15 is 0 Å². The van der Waals surface area contributed by atoms with Crippen LogP contribution in [0.25, 0.3) is 9.40 Å². The summed E-state index contributed by atoms with van der Waals surface area (Å²) in [5, 5.41) is 10.9. The van der Waals surface area contributed by atoms with Crippen molar-refractivity contribution in [2.75, 3.05) is 31.1 Å². The Morgan fingerprint density at radius 3 is 2.52 bits per heavy atom. The van der Waals surface area contributed by atoms with Gasteiger partial charge in [0.15, 0.2) is 5.69 Å². The molecule has 7 nitrogen and oxygen atoms in total. The number of hydrogen-bond donors (Lipinski definition) is 1. The number of nitrogens with zero attached hydrogens (tertiary/aromatic N) is 4. The summed E-state index contributed by atoms with van der Waals surface area (Å²) in [7, 11) is 0. The fraction of sp³-hybridized carbons (Fsp3) is 0.250. The van der Waals surface area contributed by atoms with Gasteiger partial charge in [-0.05, 0) is 17.5 Å². The number of fused-ring (bicyclic) bond motifs is 1. The molecule has 25 heavy (non-hydrogen) atoms. The molecule has 4 heterocycles. The molecule has 0 bridgehead atoms. The first kappa shape index (κ1) is 16.0. The van der Waals surface area contributed by atoms with Gasteiger partial charge in [-0.15, -0.1) is 22.7 Å². The Balaban J connectivity index is 1.41. The number of thiophene rings is 2. The van der Waals surface area contributed by atoms with E-state index in [2.05, 4.69) is 9.97 Å². The predicted molar refractivity (Wildman–Crippen MR) is 96.8 cm³/mol. The fourth-order valence-corrected chi connectivity index (χ4v) is 4.84. The van der Waals surface area contributed by atoms with Gasteiger partial charge in [-0.2, -0.15) is 0 Å². The third-order valence-electron chi connectivity index (χ3n) is 4.10. The number of carbonyl (C=O) groups excluding carboxylic acids is 1. The lowest BCUT2D eigenvalue weighted by Crippen LogP contribution is -2.49. The Bertz CT molecular complexity index is 898. The van der Waals surface area contributed by atoms with Gasteiger partial charge in [0.1, 0.15) is 5.82 Å². The summed E-state index contributed by atoms with van der Waals surface area (Å²) in [5.74, 6) is -0.389. The number of carbonyl (C=O) groups is 2. The number of carboxylic acids is 1. The Morgan fingerprint density at radius 1 is 1.08 bits per heavy atom. The van der Waals surface area contributed by atoms with Crippen molar-refractivity contribution in [2.45, 2.75) is 0 Å². The Labute approximate surface area is 151 Å². The molecule has 9 heteroatoms. The largest absolute Gasteiger partial charge is 0.476 e. The number of piperazine rings is 1. The van der Waals surface area contributed by atoms with Gasteiger partial charge in [-0.25, -0.2) is 14.8 Å². The zero-order chi connectivity index (χ0) is 17.4. The van der Waals surface area contributed by atoms with Crippen molar-refractivity contribution in [1.82, 2.24) is 14.9 Å². The fourth-order valence-electron chi connectivity index (χ4n) is 2.76. The number of aromatic nitrogens is 2. The number of aromatic carboxylic acids is 1. The highest BCUT2D eigenvalue weighted by molar-refractivity contribution is 7.27. The first-order valence-electron chi connectivity index (χ1n) is 7.68. The van der Waals surface area contributed by atoms with Crippen LogP contribution >= 0.6 is 22.7 Å². The minimum absolute atomic E-state index is 0.0698. The standard InChI is InChI=1S/C16H14N4O3S2/c21-15(13-7-12-11(25-13)1-6-24-12)20-4-2-19(3-5-20)14-9-17-10(8-18-14)16(22)23/h1,6-9H,2-5H2,(H,22,23). The molecule has 1 amide bonds. The molecule has 1 N–H and O–H groups in total. The molecular weight excluding hydrogens is 360 g/mol. The number of carboxylic acid groups (broad SMARTS) is 1. The topological polar surface area (TPSA) is 86.6 Å². The van der Waals surface area contributed by atoms with E-state index in [0.29, 0.717) is 32.0 Å². The quantitative estimate of drug-likeness (QED) is 0.758. The summed E-state index contributed by atoms with van der Waals surface area (Å²) in [6, 6.07) is 4.01. The molecule has 4 rings (SSSR count). The second kappa shape index (κ2) is 6.41. The second-order valence-electron chi connectivity index (χ2n) is 5.60. The molecule has 0 saturated carbocycles. The normalized spacial score (nSPS) is 14.9. The lowest BCUT2D eigenvalue weighted by atomic mass is 10.3. The summed E-state index contributed by atoms with van der Waals surface area (Å²) in [6.45, 7) is 2.50. The minimum Gasteiger partial charge on any atom is -0.476 e. The lowest BCUT2D eigenvalue weighted by molar-refractivity contribution is 0.0688. The smallest absolute Gasteiger partial charge is 0.356 e. The predicted octanol–water partition coefficient (Wildman–Crippen LogP) is 2.41. The van der Waals surface area contributed by atoms with E-state index in [1.165, 1.54) is 23.7 Å². The minimum atomic E-state index is -1.09. The number of anilines is 1. The van der Waals surface area contributed by atoms with E-state index in [4.69, 9.17) is 5.11 Å². The van der Waals surface area contributed by atoms with Crippen LogP contribution in [-0.2, 0) is 0 Å². The van der Waals surface area contributed by atoms with E-state index in [-0.39, 0.29) is 11.6 Å². The maximum Gasteiger partial charge on any atom is 0.356 e. The van der Waals surface area contributed by atoms with Crippen molar-refractivity contribution in [1.29, 1.82) is 0 Å². The van der Waals surface area contributed by atoms with Gasteiger partial charge in [-0.1, -0.05) is 0 Å². The molecule has 0 atom stereocenters. The van der Waals surface area contributed by atoms with E-state index in [1.54, 1.807) is 11.3 Å². The van der Waals surface area contributed by atoms with Crippen LogP contribution in [0.5, 0.6) is 0 Å². The van der Waals surface area contributed by atoms with Crippen molar-refractivity contribution < 1.29 is 14.7 Å². The molecule has 1 saturated heterocycles. The Morgan fingerprint density at radius 2 is 1.88 bits per heavy atom. The molecular formula is C16H14N4O3S2. The maximum atomic E-state index is 12.7. The van der Waals surface area contributed by atoms with Crippen molar-refractivity contribution in [3.8, 4) is 0 Å². The van der Waals surface area contributed by atoms with Gasteiger partial charge in [0.05, 0.1) is 17.3 Å². The van der Waals surface area contributed by atoms with Crippen LogP contribution in [0.2, 0.25) is 0 Å².